The summed E-state index contributed by atoms with van der Waals surface area (Å²) in [4.78, 5) is 0. The highest BCUT2D eigenvalue weighted by Crippen LogP contribution is 2.30. The van der Waals surface area contributed by atoms with Crippen LogP contribution in [0.15, 0.2) is 27.1 Å². The lowest BCUT2D eigenvalue weighted by molar-refractivity contribution is 0.650. The third-order valence-electron chi connectivity index (χ3n) is 2.76. The van der Waals surface area contributed by atoms with Crippen molar-refractivity contribution in [2.75, 3.05) is 0 Å². The van der Waals surface area contributed by atoms with E-state index < -0.39 is 11.0 Å². The Hall–Kier alpha value is -0.480. The minimum atomic E-state index is -1.17. The maximum atomic E-state index is 12.0. The number of benzene rings is 1. The molecule has 0 N–H and O–H groups in total. The van der Waals surface area contributed by atoms with Crippen molar-refractivity contribution in [3.8, 4) is 0 Å². The van der Waals surface area contributed by atoms with Crippen molar-refractivity contribution >= 4 is 32.6 Å². The van der Waals surface area contributed by atoms with Crippen LogP contribution in [0.4, 0.5) is 0 Å². The van der Waals surface area contributed by atoms with E-state index >= 15 is 0 Å². The molecule has 0 aliphatic heterocycles. The number of rotatable bonds is 1. The van der Waals surface area contributed by atoms with Gasteiger partial charge in [0.1, 0.15) is 11.0 Å². The third kappa shape index (κ3) is 2.68. The first-order valence-corrected chi connectivity index (χ1v) is 7.57. The largest absolute Gasteiger partial charge is 0.234 e. The molecule has 2 nitrogen and oxygen atoms in total. The number of hydrogen-bond acceptors (Lipinski definition) is 1. The van der Waals surface area contributed by atoms with Crippen molar-refractivity contribution in [1.29, 1.82) is 0 Å². The number of hydrogen-bond donors (Lipinski definition) is 0. The summed E-state index contributed by atoms with van der Waals surface area (Å²) < 4.78 is 17.3. The first-order valence-electron chi connectivity index (χ1n) is 5.67. The minimum absolute atomic E-state index is 0.290. The molecular weight excluding hydrogens is 298 g/mol. The Bertz CT molecular complexity index is 503. The summed E-state index contributed by atoms with van der Waals surface area (Å²) in [5.41, 5.74) is 3.42. The van der Waals surface area contributed by atoms with E-state index in [-0.39, 0.29) is 4.75 Å². The zero-order valence-electron chi connectivity index (χ0n) is 10.3. The lowest BCUT2D eigenvalue weighted by Crippen LogP contribution is -2.20. The fraction of sp³-hybridized carbons (Fsp3) is 0.462. The fourth-order valence-corrected chi connectivity index (χ4v) is 3.02. The molecule has 0 saturated heterocycles. The van der Waals surface area contributed by atoms with Gasteiger partial charge in [0.15, 0.2) is 0 Å². The maximum absolute atomic E-state index is 12.0. The van der Waals surface area contributed by atoms with Crippen LogP contribution in [-0.2, 0) is 17.4 Å². The van der Waals surface area contributed by atoms with Crippen molar-refractivity contribution in [1.82, 2.24) is 0 Å². The van der Waals surface area contributed by atoms with E-state index in [9.17, 15) is 4.21 Å². The molecule has 2 rings (SSSR count). The second-order valence-electron chi connectivity index (χ2n) is 5.17. The highest BCUT2D eigenvalue weighted by Gasteiger charge is 2.24. The molecule has 4 heteroatoms. The second-order valence-corrected chi connectivity index (χ2v) is 7.93. The molecule has 1 unspecified atom stereocenters. The standard InChI is InChI=1S/C13H16BrNOS/c1-13(2,3)17(16)15-12-8-7-9-10(12)5-4-6-11(9)14/h4-6H,7-8H2,1-3H3/b15-12-. The van der Waals surface area contributed by atoms with E-state index in [4.69, 9.17) is 0 Å². The second kappa shape index (κ2) is 4.65. The van der Waals surface area contributed by atoms with Gasteiger partial charge in [-0.05, 0) is 45.2 Å². The summed E-state index contributed by atoms with van der Waals surface area (Å²) in [7, 11) is -1.17. The quantitative estimate of drug-likeness (QED) is 0.778. The Morgan fingerprint density at radius 3 is 2.65 bits per heavy atom. The lowest BCUT2D eigenvalue weighted by Gasteiger charge is -2.14. The maximum Gasteiger partial charge on any atom is 0.145 e. The van der Waals surface area contributed by atoms with Gasteiger partial charge in [0, 0.05) is 10.0 Å². The fourth-order valence-electron chi connectivity index (χ4n) is 1.79. The Kier molecular flexibility index (Phi) is 3.55. The summed E-state index contributed by atoms with van der Waals surface area (Å²) in [6.45, 7) is 5.85. The van der Waals surface area contributed by atoms with Crippen LogP contribution in [0.2, 0.25) is 0 Å². The molecule has 1 aliphatic carbocycles. The summed E-state index contributed by atoms with van der Waals surface area (Å²) in [5, 5.41) is 0. The van der Waals surface area contributed by atoms with E-state index in [1.54, 1.807) is 0 Å². The van der Waals surface area contributed by atoms with Crippen molar-refractivity contribution in [2.24, 2.45) is 4.40 Å². The Balaban J connectivity index is 2.38. The van der Waals surface area contributed by atoms with Gasteiger partial charge in [-0.1, -0.05) is 28.1 Å². The zero-order chi connectivity index (χ0) is 12.6. The van der Waals surface area contributed by atoms with Gasteiger partial charge >= 0.3 is 0 Å². The summed E-state index contributed by atoms with van der Waals surface area (Å²) in [6, 6.07) is 6.11. The van der Waals surface area contributed by atoms with Crippen molar-refractivity contribution in [3.05, 3.63) is 33.8 Å². The van der Waals surface area contributed by atoms with E-state index in [0.29, 0.717) is 0 Å². The lowest BCUT2D eigenvalue weighted by atomic mass is 10.1. The number of halogens is 1. The Labute approximate surface area is 113 Å². The molecule has 0 radical (unpaired) electrons. The SMILES string of the molecule is CC(C)(C)S(=O)/N=C1/CCc2c(Br)cccc21. The van der Waals surface area contributed by atoms with Crippen LogP contribution in [0.5, 0.6) is 0 Å². The molecule has 1 atom stereocenters. The number of fused-ring (bicyclic) bond motifs is 1. The van der Waals surface area contributed by atoms with Gasteiger partial charge < -0.3 is 0 Å². The Morgan fingerprint density at radius 2 is 2.00 bits per heavy atom. The minimum Gasteiger partial charge on any atom is -0.234 e. The van der Waals surface area contributed by atoms with Crippen molar-refractivity contribution in [3.63, 3.8) is 0 Å². The Morgan fingerprint density at radius 1 is 1.29 bits per heavy atom. The first kappa shape index (κ1) is 13.0. The van der Waals surface area contributed by atoms with Crippen LogP contribution in [0.3, 0.4) is 0 Å². The van der Waals surface area contributed by atoms with Gasteiger partial charge in [-0.25, -0.2) is 4.21 Å². The molecular formula is C13H16BrNOS. The van der Waals surface area contributed by atoms with E-state index in [0.717, 1.165) is 28.6 Å². The summed E-state index contributed by atoms with van der Waals surface area (Å²) in [6.07, 6.45) is 1.87. The van der Waals surface area contributed by atoms with E-state index in [2.05, 4.69) is 26.4 Å². The average molecular weight is 314 g/mol. The van der Waals surface area contributed by atoms with E-state index in [1.807, 2.05) is 32.9 Å². The van der Waals surface area contributed by atoms with Crippen LogP contribution >= 0.6 is 15.9 Å². The van der Waals surface area contributed by atoms with Crippen LogP contribution < -0.4 is 0 Å². The normalized spacial score (nSPS) is 19.4. The van der Waals surface area contributed by atoms with Crippen molar-refractivity contribution < 1.29 is 4.21 Å². The van der Waals surface area contributed by atoms with Gasteiger partial charge in [0.25, 0.3) is 0 Å². The van der Waals surface area contributed by atoms with Gasteiger partial charge in [-0.3, -0.25) is 0 Å². The molecule has 1 aliphatic rings. The van der Waals surface area contributed by atoms with Crippen LogP contribution in [-0.4, -0.2) is 14.7 Å². The smallest absolute Gasteiger partial charge is 0.145 e. The molecule has 0 amide bonds. The van der Waals surface area contributed by atoms with Crippen molar-refractivity contribution in [2.45, 2.75) is 38.4 Å². The first-order chi connectivity index (χ1) is 7.89. The average Bonchev–Trinajstić information content (AvgIpc) is 2.62. The number of nitrogens with zero attached hydrogens (tertiary/aromatic N) is 1. The summed E-state index contributed by atoms with van der Waals surface area (Å²) in [5.74, 6) is 0. The van der Waals surface area contributed by atoms with Gasteiger partial charge in [-0.2, -0.15) is 4.40 Å². The van der Waals surface area contributed by atoms with Gasteiger partial charge in [-0.15, -0.1) is 0 Å². The molecule has 92 valence electrons. The van der Waals surface area contributed by atoms with Gasteiger partial charge in [0.2, 0.25) is 0 Å². The molecule has 0 aromatic heterocycles. The van der Waals surface area contributed by atoms with E-state index in [1.165, 1.54) is 5.56 Å². The van der Waals surface area contributed by atoms with Gasteiger partial charge in [0.05, 0.1) is 10.5 Å². The predicted octanol–water partition coefficient (Wildman–Crippen LogP) is 3.65. The molecule has 1 aromatic rings. The molecule has 0 saturated carbocycles. The third-order valence-corrected chi connectivity index (χ3v) is 4.94. The van der Waals surface area contributed by atoms with Crippen LogP contribution in [0.1, 0.15) is 38.3 Å². The monoisotopic (exact) mass is 313 g/mol. The molecule has 0 bridgehead atoms. The van der Waals surface area contributed by atoms with Crippen LogP contribution in [0, 0.1) is 0 Å². The predicted molar refractivity (Wildman–Crippen MR) is 76.9 cm³/mol. The molecule has 0 heterocycles. The topological polar surface area (TPSA) is 29.4 Å². The molecule has 1 aromatic carbocycles. The molecule has 0 fully saturated rings. The molecule has 0 spiro atoms. The highest BCUT2D eigenvalue weighted by molar-refractivity contribution is 9.10. The molecule has 17 heavy (non-hydrogen) atoms. The highest BCUT2D eigenvalue weighted by atomic mass is 79.9. The zero-order valence-corrected chi connectivity index (χ0v) is 12.7. The van der Waals surface area contributed by atoms with Crippen LogP contribution in [0.25, 0.3) is 0 Å². The summed E-state index contributed by atoms with van der Waals surface area (Å²) >= 11 is 3.55.